The number of rotatable bonds is 11. The van der Waals surface area contributed by atoms with E-state index in [2.05, 4.69) is 15.6 Å². The molecule has 3 N–H and O–H groups in total. The van der Waals surface area contributed by atoms with Gasteiger partial charge >= 0.3 is 0 Å². The molecule has 0 aliphatic rings. The second-order valence-corrected chi connectivity index (χ2v) is 8.11. The number of aromatic nitrogens is 1. The first-order valence-corrected chi connectivity index (χ1v) is 11.6. The number of fused-ring (bicyclic) bond motifs is 1. The van der Waals surface area contributed by atoms with Crippen LogP contribution in [-0.2, 0) is 9.59 Å². The number of methoxy groups -OCH3 is 2. The zero-order valence-electron chi connectivity index (χ0n) is 20.2. The molecule has 0 saturated heterocycles. The molecule has 1 unspecified atom stereocenters. The summed E-state index contributed by atoms with van der Waals surface area (Å²) in [6.07, 6.45) is 1.95. The molecule has 186 valence electrons. The highest BCUT2D eigenvalue weighted by Crippen LogP contribution is 2.40. The van der Waals surface area contributed by atoms with Crippen molar-refractivity contribution >= 4 is 22.7 Å². The summed E-state index contributed by atoms with van der Waals surface area (Å²) in [5.41, 5.74) is 2.89. The maximum atomic E-state index is 12.6. The van der Waals surface area contributed by atoms with Gasteiger partial charge in [0.2, 0.25) is 5.91 Å². The lowest BCUT2D eigenvalue weighted by molar-refractivity contribution is -0.127. The molecular formula is C28H29N3O5. The summed E-state index contributed by atoms with van der Waals surface area (Å²) in [4.78, 5) is 28.1. The van der Waals surface area contributed by atoms with Crippen molar-refractivity contribution in [3.8, 4) is 17.2 Å². The van der Waals surface area contributed by atoms with Crippen LogP contribution >= 0.6 is 0 Å². The molecule has 1 heterocycles. The third kappa shape index (κ3) is 5.78. The van der Waals surface area contributed by atoms with Crippen LogP contribution in [0.3, 0.4) is 0 Å². The molecule has 1 atom stereocenters. The van der Waals surface area contributed by atoms with Crippen molar-refractivity contribution in [2.45, 2.75) is 5.92 Å². The van der Waals surface area contributed by atoms with Crippen LogP contribution in [0.15, 0.2) is 79.0 Å². The molecule has 0 aliphatic heterocycles. The number of benzene rings is 3. The normalized spacial score (nSPS) is 11.5. The minimum atomic E-state index is -0.378. The summed E-state index contributed by atoms with van der Waals surface area (Å²) >= 11 is 0. The summed E-state index contributed by atoms with van der Waals surface area (Å²) in [7, 11) is 3.19. The first-order chi connectivity index (χ1) is 17.6. The van der Waals surface area contributed by atoms with E-state index in [-0.39, 0.29) is 30.9 Å². The van der Waals surface area contributed by atoms with E-state index in [4.69, 9.17) is 14.2 Å². The van der Waals surface area contributed by atoms with Gasteiger partial charge < -0.3 is 29.8 Å². The fourth-order valence-electron chi connectivity index (χ4n) is 4.13. The predicted octanol–water partition coefficient (Wildman–Crippen LogP) is 3.63. The summed E-state index contributed by atoms with van der Waals surface area (Å²) in [5, 5.41) is 6.59. The molecule has 0 bridgehead atoms. The minimum Gasteiger partial charge on any atom is -0.493 e. The maximum Gasteiger partial charge on any atom is 0.258 e. The quantitative estimate of drug-likeness (QED) is 0.300. The lowest BCUT2D eigenvalue weighted by atomic mass is 9.90. The number of hydrogen-bond donors (Lipinski definition) is 3. The fraction of sp³-hybridized carbons (Fsp3) is 0.214. The molecule has 2 amide bonds. The highest BCUT2D eigenvalue weighted by atomic mass is 16.5. The van der Waals surface area contributed by atoms with Gasteiger partial charge in [-0.05, 0) is 29.8 Å². The first kappa shape index (κ1) is 24.7. The number of amides is 2. The Hall–Kier alpha value is -4.46. The zero-order valence-corrected chi connectivity index (χ0v) is 20.2. The van der Waals surface area contributed by atoms with Crippen molar-refractivity contribution in [2.24, 2.45) is 0 Å². The third-order valence-electron chi connectivity index (χ3n) is 5.87. The molecule has 8 nitrogen and oxygen atoms in total. The standard InChI is InChI=1S/C28H29N3O5/c1-34-25-14-8-12-21(28(25)35-2)23(22-15-29-24-13-7-6-11-20(22)24)16-30-26(32)17-31-27(33)18-36-19-9-4-3-5-10-19/h3-15,23,29H,16-18H2,1-2H3,(H,30,32)(H,31,33). The van der Waals surface area contributed by atoms with E-state index < -0.39 is 0 Å². The summed E-state index contributed by atoms with van der Waals surface area (Å²) in [6.45, 7) is -0.0380. The second-order valence-electron chi connectivity index (χ2n) is 8.11. The fourth-order valence-corrected chi connectivity index (χ4v) is 4.13. The van der Waals surface area contributed by atoms with Gasteiger partial charge in [0, 0.05) is 35.1 Å². The van der Waals surface area contributed by atoms with Crippen molar-refractivity contribution in [1.29, 1.82) is 0 Å². The molecule has 36 heavy (non-hydrogen) atoms. The molecule has 0 spiro atoms. The van der Waals surface area contributed by atoms with Gasteiger partial charge in [0.05, 0.1) is 20.8 Å². The average molecular weight is 488 g/mol. The van der Waals surface area contributed by atoms with Crippen LogP contribution < -0.4 is 24.8 Å². The molecule has 0 saturated carbocycles. The number of ether oxygens (including phenoxy) is 3. The molecular weight excluding hydrogens is 458 g/mol. The number of aromatic amines is 1. The molecule has 3 aromatic carbocycles. The van der Waals surface area contributed by atoms with Gasteiger partial charge in [0.1, 0.15) is 5.75 Å². The Balaban J connectivity index is 1.46. The van der Waals surface area contributed by atoms with Crippen molar-refractivity contribution < 1.29 is 23.8 Å². The van der Waals surface area contributed by atoms with Crippen molar-refractivity contribution in [3.05, 3.63) is 90.1 Å². The lowest BCUT2D eigenvalue weighted by Gasteiger charge is -2.22. The van der Waals surface area contributed by atoms with Gasteiger partial charge in [0.15, 0.2) is 18.1 Å². The molecule has 8 heteroatoms. The number of hydrogen-bond acceptors (Lipinski definition) is 5. The number of para-hydroxylation sites is 3. The Morgan fingerprint density at radius 1 is 0.833 bits per heavy atom. The van der Waals surface area contributed by atoms with Crippen LogP contribution in [0.1, 0.15) is 17.0 Å². The Bertz CT molecular complexity index is 1320. The smallest absolute Gasteiger partial charge is 0.258 e. The Morgan fingerprint density at radius 2 is 1.61 bits per heavy atom. The molecule has 4 aromatic rings. The van der Waals surface area contributed by atoms with Gasteiger partial charge in [-0.15, -0.1) is 0 Å². The van der Waals surface area contributed by atoms with E-state index in [0.717, 1.165) is 22.0 Å². The zero-order chi connectivity index (χ0) is 25.3. The van der Waals surface area contributed by atoms with Gasteiger partial charge in [0.25, 0.3) is 5.91 Å². The summed E-state index contributed by atoms with van der Waals surface area (Å²) < 4.78 is 16.6. The van der Waals surface area contributed by atoms with E-state index in [1.165, 1.54) is 0 Å². The Labute approximate surface area is 209 Å². The Morgan fingerprint density at radius 3 is 2.39 bits per heavy atom. The van der Waals surface area contributed by atoms with E-state index in [0.29, 0.717) is 23.8 Å². The maximum absolute atomic E-state index is 12.6. The van der Waals surface area contributed by atoms with Crippen LogP contribution in [0, 0.1) is 0 Å². The number of nitrogens with one attached hydrogen (secondary N) is 3. The molecule has 4 rings (SSSR count). The summed E-state index contributed by atoms with van der Waals surface area (Å²) in [6, 6.07) is 22.7. The van der Waals surface area contributed by atoms with Crippen LogP contribution in [0.4, 0.5) is 0 Å². The number of H-pyrrole nitrogens is 1. The van der Waals surface area contributed by atoms with Crippen LogP contribution in [-0.4, -0.2) is 50.7 Å². The second kappa shape index (κ2) is 11.8. The van der Waals surface area contributed by atoms with Crippen molar-refractivity contribution in [3.63, 3.8) is 0 Å². The molecule has 0 fully saturated rings. The van der Waals surface area contributed by atoms with Crippen molar-refractivity contribution in [2.75, 3.05) is 33.9 Å². The highest BCUT2D eigenvalue weighted by molar-refractivity contribution is 5.86. The van der Waals surface area contributed by atoms with E-state index in [9.17, 15) is 9.59 Å². The van der Waals surface area contributed by atoms with E-state index in [1.807, 2.05) is 66.9 Å². The molecule has 1 aromatic heterocycles. The van der Waals surface area contributed by atoms with Crippen LogP contribution in [0.2, 0.25) is 0 Å². The van der Waals surface area contributed by atoms with E-state index >= 15 is 0 Å². The largest absolute Gasteiger partial charge is 0.493 e. The SMILES string of the molecule is COc1cccc(C(CNC(=O)CNC(=O)COc2ccccc2)c2c[nH]c3ccccc23)c1OC. The molecule has 0 aliphatic carbocycles. The molecule has 0 radical (unpaired) electrons. The summed E-state index contributed by atoms with van der Waals surface area (Å²) in [5.74, 6) is 0.886. The predicted molar refractivity (Wildman–Crippen MR) is 138 cm³/mol. The third-order valence-corrected chi connectivity index (χ3v) is 5.87. The van der Waals surface area contributed by atoms with Gasteiger partial charge in [-0.3, -0.25) is 9.59 Å². The average Bonchev–Trinajstić information content (AvgIpc) is 3.35. The van der Waals surface area contributed by atoms with Gasteiger partial charge in [-0.2, -0.15) is 0 Å². The monoisotopic (exact) mass is 487 g/mol. The van der Waals surface area contributed by atoms with Gasteiger partial charge in [-0.25, -0.2) is 0 Å². The topological polar surface area (TPSA) is 102 Å². The number of carbonyl (C=O) groups is 2. The Kier molecular flexibility index (Phi) is 8.08. The van der Waals surface area contributed by atoms with E-state index in [1.54, 1.807) is 26.4 Å². The van der Waals surface area contributed by atoms with Gasteiger partial charge in [-0.1, -0.05) is 48.5 Å². The highest BCUT2D eigenvalue weighted by Gasteiger charge is 2.24. The lowest BCUT2D eigenvalue weighted by Crippen LogP contribution is -2.40. The van der Waals surface area contributed by atoms with Crippen molar-refractivity contribution in [1.82, 2.24) is 15.6 Å². The first-order valence-electron chi connectivity index (χ1n) is 11.6. The van der Waals surface area contributed by atoms with Crippen LogP contribution in [0.5, 0.6) is 17.2 Å². The van der Waals surface area contributed by atoms with Crippen LogP contribution in [0.25, 0.3) is 10.9 Å². The minimum absolute atomic E-state index is 0.160. The number of carbonyl (C=O) groups excluding carboxylic acids is 2.